The first-order chi connectivity index (χ1) is 17.7. The van der Waals surface area contributed by atoms with Gasteiger partial charge in [0.1, 0.15) is 0 Å². The minimum absolute atomic E-state index is 0.00916. The summed E-state index contributed by atoms with van der Waals surface area (Å²) in [6.07, 6.45) is 0. The zero-order valence-corrected chi connectivity index (χ0v) is 21.4. The lowest BCUT2D eigenvalue weighted by molar-refractivity contribution is 0.429. The van der Waals surface area contributed by atoms with Crippen LogP contribution in [0.3, 0.4) is 0 Å². The molecule has 0 saturated carbocycles. The van der Waals surface area contributed by atoms with Crippen LogP contribution in [0, 0.1) is 6.92 Å². The highest BCUT2D eigenvalue weighted by Gasteiger charge is 2.17. The molecule has 0 fully saturated rings. The Balaban J connectivity index is 1.44. The molecule has 10 heteroatoms. The van der Waals surface area contributed by atoms with E-state index in [9.17, 15) is 13.5 Å². The van der Waals surface area contributed by atoms with Crippen LogP contribution >= 0.6 is 12.2 Å². The molecule has 5 rings (SSSR count). The molecule has 1 heterocycles. The van der Waals surface area contributed by atoms with Gasteiger partial charge >= 0.3 is 0 Å². The van der Waals surface area contributed by atoms with Gasteiger partial charge in [-0.1, -0.05) is 48.0 Å². The van der Waals surface area contributed by atoms with Gasteiger partial charge in [-0.25, -0.2) is 13.6 Å². The molecule has 0 spiro atoms. The van der Waals surface area contributed by atoms with E-state index in [-0.39, 0.29) is 15.9 Å². The molecule has 37 heavy (non-hydrogen) atoms. The molecule has 0 unspecified atom stereocenters. The summed E-state index contributed by atoms with van der Waals surface area (Å²) in [6.45, 7) is 2.42. The Morgan fingerprint density at radius 3 is 2.46 bits per heavy atom. The fourth-order valence-corrected chi connectivity index (χ4v) is 4.86. The van der Waals surface area contributed by atoms with Crippen molar-refractivity contribution in [2.24, 2.45) is 15.4 Å². The molecule has 0 aliphatic carbocycles. The number of rotatable bonds is 5. The Hall–Kier alpha value is -4.12. The van der Waals surface area contributed by atoms with Gasteiger partial charge in [0, 0.05) is 11.1 Å². The first-order valence-corrected chi connectivity index (χ1v) is 13.3. The van der Waals surface area contributed by atoms with Crippen molar-refractivity contribution in [2.75, 3.05) is 5.32 Å². The molecule has 0 aliphatic heterocycles. The van der Waals surface area contributed by atoms with Crippen LogP contribution < -0.4 is 10.5 Å². The van der Waals surface area contributed by atoms with E-state index in [1.54, 1.807) is 4.57 Å². The maximum Gasteiger partial charge on any atom is 0.238 e. The molecule has 8 nitrogen and oxygen atoms in total. The van der Waals surface area contributed by atoms with Crippen molar-refractivity contribution in [3.8, 4) is 5.88 Å². The van der Waals surface area contributed by atoms with E-state index in [4.69, 9.17) is 17.4 Å². The van der Waals surface area contributed by atoms with Crippen LogP contribution in [0.25, 0.3) is 21.7 Å². The summed E-state index contributed by atoms with van der Waals surface area (Å²) in [4.78, 5) is -0.00916. The molecule has 0 aliphatic rings. The highest BCUT2D eigenvalue weighted by atomic mass is 32.2. The van der Waals surface area contributed by atoms with Gasteiger partial charge in [0.05, 0.1) is 17.0 Å². The summed E-state index contributed by atoms with van der Waals surface area (Å²) < 4.78 is 24.7. The first-order valence-electron chi connectivity index (χ1n) is 11.3. The molecule has 4 N–H and O–H groups in total. The maximum absolute atomic E-state index is 11.4. The number of nitrogens with one attached hydrogen (secondary N) is 1. The second kappa shape index (κ2) is 9.74. The molecule has 0 saturated heterocycles. The maximum atomic E-state index is 11.4. The van der Waals surface area contributed by atoms with Crippen molar-refractivity contribution in [3.63, 3.8) is 0 Å². The fourth-order valence-electron chi connectivity index (χ4n) is 4.19. The van der Waals surface area contributed by atoms with Crippen LogP contribution in [0.4, 0.5) is 11.4 Å². The molecule has 0 radical (unpaired) electrons. The number of aromatic nitrogens is 1. The Morgan fingerprint density at radius 1 is 1.00 bits per heavy atom. The van der Waals surface area contributed by atoms with Crippen molar-refractivity contribution in [1.82, 2.24) is 4.57 Å². The lowest BCUT2D eigenvalue weighted by Crippen LogP contribution is -2.12. The molecule has 0 bridgehead atoms. The number of fused-ring (bicyclic) bond motifs is 2. The van der Waals surface area contributed by atoms with Crippen LogP contribution in [0.5, 0.6) is 5.88 Å². The summed E-state index contributed by atoms with van der Waals surface area (Å²) >= 11 is 5.29. The number of hydrogen-bond acceptors (Lipinski definition) is 5. The number of azo groups is 1. The number of thiocarbonyl (C=S) groups is 1. The van der Waals surface area contributed by atoms with Gasteiger partial charge in [0.25, 0.3) is 0 Å². The standard InChI is InChI=1S/C27H23N5O3S2/c1-17-6-13-24-23(14-17)25(30-31-27(36)29-21-9-11-22(12-10-21)37(28,34)35)26(33)32(24)16-18-7-8-19-4-2-3-5-20(19)15-18/h2-15,33H,16H2,1H3,(H,29,36)(H2,28,34,35). The van der Waals surface area contributed by atoms with Crippen molar-refractivity contribution in [3.05, 3.63) is 96.1 Å². The van der Waals surface area contributed by atoms with Crippen molar-refractivity contribution in [2.45, 2.75) is 18.4 Å². The van der Waals surface area contributed by atoms with Gasteiger partial charge in [-0.2, -0.15) is 0 Å². The van der Waals surface area contributed by atoms with Gasteiger partial charge in [-0.15, -0.1) is 10.2 Å². The highest BCUT2D eigenvalue weighted by Crippen LogP contribution is 2.40. The summed E-state index contributed by atoms with van der Waals surface area (Å²) in [6, 6.07) is 26.0. The summed E-state index contributed by atoms with van der Waals surface area (Å²) in [5, 5.41) is 30.6. The molecule has 0 atom stereocenters. The van der Waals surface area contributed by atoms with E-state index in [1.165, 1.54) is 24.3 Å². The summed E-state index contributed by atoms with van der Waals surface area (Å²) in [5.41, 5.74) is 3.71. The van der Waals surface area contributed by atoms with Gasteiger partial charge in [-0.05, 0) is 77.9 Å². The molecular weight excluding hydrogens is 506 g/mol. The van der Waals surface area contributed by atoms with E-state index in [0.29, 0.717) is 17.9 Å². The van der Waals surface area contributed by atoms with Crippen LogP contribution in [0.1, 0.15) is 11.1 Å². The lowest BCUT2D eigenvalue weighted by atomic mass is 10.1. The Kier molecular flexibility index (Phi) is 6.46. The number of aromatic hydroxyl groups is 1. The summed E-state index contributed by atoms with van der Waals surface area (Å²) in [5.74, 6) is -0.0159. The van der Waals surface area contributed by atoms with Gasteiger partial charge < -0.3 is 15.0 Å². The number of hydrogen-bond donors (Lipinski definition) is 3. The number of anilines is 1. The third kappa shape index (κ3) is 5.21. The second-order valence-electron chi connectivity index (χ2n) is 8.66. The topological polar surface area (TPSA) is 122 Å². The third-order valence-electron chi connectivity index (χ3n) is 5.99. The van der Waals surface area contributed by atoms with Crippen molar-refractivity contribution in [1.29, 1.82) is 0 Å². The van der Waals surface area contributed by atoms with Crippen molar-refractivity contribution >= 4 is 60.4 Å². The normalized spacial score (nSPS) is 11.9. The SMILES string of the molecule is Cc1ccc2c(c1)c(N=NC(=S)Nc1ccc(S(N)(=O)=O)cc1)c(O)n2Cc1ccc2ccccc2c1. The predicted molar refractivity (Wildman–Crippen MR) is 150 cm³/mol. The largest absolute Gasteiger partial charge is 0.493 e. The Bertz CT molecular complexity index is 1790. The fraction of sp³-hybridized carbons (Fsp3) is 0.0741. The van der Waals surface area contributed by atoms with E-state index in [0.717, 1.165) is 32.8 Å². The van der Waals surface area contributed by atoms with Crippen LogP contribution in [0.15, 0.2) is 100 Å². The minimum Gasteiger partial charge on any atom is -0.493 e. The number of nitrogens with zero attached hydrogens (tertiary/aromatic N) is 3. The molecule has 186 valence electrons. The lowest BCUT2D eigenvalue weighted by Gasteiger charge is -2.09. The van der Waals surface area contributed by atoms with Crippen LogP contribution in [-0.4, -0.2) is 23.2 Å². The monoisotopic (exact) mass is 529 g/mol. The van der Waals surface area contributed by atoms with E-state index in [1.807, 2.05) is 43.3 Å². The quantitative estimate of drug-likeness (QED) is 0.191. The number of aryl methyl sites for hydroxylation is 1. The first kappa shape index (κ1) is 24.6. The zero-order valence-electron chi connectivity index (χ0n) is 19.8. The van der Waals surface area contributed by atoms with Gasteiger partial charge in [0.2, 0.25) is 21.0 Å². The third-order valence-corrected chi connectivity index (χ3v) is 7.11. The van der Waals surface area contributed by atoms with Gasteiger partial charge in [0.15, 0.2) is 5.69 Å². The van der Waals surface area contributed by atoms with E-state index in [2.05, 4.69) is 39.8 Å². The predicted octanol–water partition coefficient (Wildman–Crippen LogP) is 5.98. The number of primary sulfonamides is 1. The smallest absolute Gasteiger partial charge is 0.238 e. The van der Waals surface area contributed by atoms with E-state index < -0.39 is 10.0 Å². The summed E-state index contributed by atoms with van der Waals surface area (Å²) in [7, 11) is -3.79. The molecule has 5 aromatic rings. The molecule has 0 amide bonds. The minimum atomic E-state index is -3.79. The molecular formula is C27H23N5O3S2. The second-order valence-corrected chi connectivity index (χ2v) is 10.6. The number of sulfonamides is 1. The van der Waals surface area contributed by atoms with Gasteiger partial charge in [-0.3, -0.25) is 0 Å². The van der Waals surface area contributed by atoms with Crippen molar-refractivity contribution < 1.29 is 13.5 Å². The Labute approximate surface area is 219 Å². The average Bonchev–Trinajstić information content (AvgIpc) is 3.12. The van der Waals surface area contributed by atoms with E-state index >= 15 is 0 Å². The number of benzene rings is 4. The highest BCUT2D eigenvalue weighted by molar-refractivity contribution is 7.89. The van der Waals surface area contributed by atoms with Crippen LogP contribution in [0.2, 0.25) is 0 Å². The molecule has 1 aromatic heterocycles. The zero-order chi connectivity index (χ0) is 26.2. The average molecular weight is 530 g/mol. The van der Waals surface area contributed by atoms with Crippen LogP contribution in [-0.2, 0) is 16.6 Å². The molecule has 4 aromatic carbocycles. The Morgan fingerprint density at radius 2 is 1.73 bits per heavy atom. The number of nitrogens with two attached hydrogens (primary N) is 1.